The number of hydrogen-bond donors (Lipinski definition) is 1. The van der Waals surface area contributed by atoms with Crippen LogP contribution < -0.4 is 0 Å². The first-order valence-electron chi connectivity index (χ1n) is 19.1. The van der Waals surface area contributed by atoms with Crippen molar-refractivity contribution >= 4 is 12.0 Å². The lowest BCUT2D eigenvalue weighted by molar-refractivity contribution is -0.139. The van der Waals surface area contributed by atoms with Crippen molar-refractivity contribution in [2.75, 3.05) is 19.8 Å². The molecule has 2 atom stereocenters. The maximum atomic E-state index is 11.8. The number of carbonyl (C=O) groups is 1. The van der Waals surface area contributed by atoms with Crippen LogP contribution in [0.2, 0.25) is 0 Å². The fourth-order valence-corrected chi connectivity index (χ4v) is 7.49. The molecule has 46 heavy (non-hydrogen) atoms. The molecule has 2 aliphatic carbocycles. The summed E-state index contributed by atoms with van der Waals surface area (Å²) in [5.41, 5.74) is 5.96. The van der Waals surface area contributed by atoms with Crippen molar-refractivity contribution in [1.29, 1.82) is 0 Å². The predicted molar refractivity (Wildman–Crippen MR) is 196 cm³/mol. The third kappa shape index (κ3) is 14.5. The van der Waals surface area contributed by atoms with Crippen molar-refractivity contribution < 1.29 is 19.4 Å². The topological polar surface area (TPSA) is 59.1 Å². The van der Waals surface area contributed by atoms with Crippen LogP contribution >= 0.6 is 0 Å². The third-order valence-electron chi connectivity index (χ3n) is 10.5. The molecule has 3 fully saturated rings. The average Bonchev–Trinajstić information content (AvgIpc) is 3.91. The van der Waals surface area contributed by atoms with Crippen LogP contribution in [0.3, 0.4) is 0 Å². The second kappa shape index (κ2) is 22.6. The van der Waals surface area contributed by atoms with E-state index in [2.05, 4.69) is 65.5 Å². The Morgan fingerprint density at radius 2 is 1.63 bits per heavy atom. The average molecular weight is 639 g/mol. The summed E-state index contributed by atoms with van der Waals surface area (Å²) in [5, 5.41) is 9.05. The van der Waals surface area contributed by atoms with Gasteiger partial charge in [-0.3, -0.25) is 0 Å². The van der Waals surface area contributed by atoms with Crippen molar-refractivity contribution in [1.82, 2.24) is 0 Å². The smallest absolute Gasteiger partial charge is 0.335 e. The van der Waals surface area contributed by atoms with Crippen LogP contribution in [0, 0.1) is 30.6 Å². The van der Waals surface area contributed by atoms with E-state index in [0.29, 0.717) is 18.6 Å². The van der Waals surface area contributed by atoms with Crippen molar-refractivity contribution in [3.8, 4) is 0 Å². The van der Waals surface area contributed by atoms with Crippen molar-refractivity contribution in [3.63, 3.8) is 0 Å². The molecule has 4 heteroatoms. The molecule has 0 spiro atoms. The maximum absolute atomic E-state index is 11.8. The van der Waals surface area contributed by atoms with E-state index < -0.39 is 5.97 Å². The molecule has 4 nitrogen and oxygen atoms in total. The lowest BCUT2D eigenvalue weighted by atomic mass is 9.68. The van der Waals surface area contributed by atoms with Gasteiger partial charge in [-0.25, -0.2) is 4.79 Å². The maximum Gasteiger partial charge on any atom is 0.335 e. The highest BCUT2D eigenvalue weighted by Gasteiger charge is 2.32. The molecular weight excluding hydrogens is 568 g/mol. The third-order valence-corrected chi connectivity index (χ3v) is 10.5. The van der Waals surface area contributed by atoms with E-state index in [9.17, 15) is 4.79 Å². The Balaban J connectivity index is 0.00000139. The van der Waals surface area contributed by atoms with Gasteiger partial charge in [0.25, 0.3) is 0 Å². The number of epoxide rings is 1. The van der Waals surface area contributed by atoms with Crippen molar-refractivity contribution in [2.24, 2.45) is 23.7 Å². The summed E-state index contributed by atoms with van der Waals surface area (Å²) in [6, 6.07) is 7.22. The highest BCUT2D eigenvalue weighted by molar-refractivity contribution is 5.87. The van der Waals surface area contributed by atoms with Gasteiger partial charge in [0.1, 0.15) is 0 Å². The number of hydrogen-bond acceptors (Lipinski definition) is 4. The second-order valence-electron chi connectivity index (χ2n) is 14.2. The minimum absolute atomic E-state index is 0.131. The first-order valence-corrected chi connectivity index (χ1v) is 19.1. The molecule has 0 amide bonds. The Morgan fingerprint density at radius 3 is 2.17 bits per heavy atom. The monoisotopic (exact) mass is 639 g/mol. The van der Waals surface area contributed by atoms with E-state index >= 15 is 0 Å². The number of aryl methyl sites for hydroxylation is 1. The molecule has 1 saturated heterocycles. The summed E-state index contributed by atoms with van der Waals surface area (Å²) < 4.78 is 10.8. The Hall–Kier alpha value is -1.91. The zero-order chi connectivity index (χ0) is 33.9. The summed E-state index contributed by atoms with van der Waals surface area (Å²) in [4.78, 5) is 11.8. The Bertz CT molecular complexity index is 1020. The largest absolute Gasteiger partial charge is 0.462 e. The van der Waals surface area contributed by atoms with E-state index in [1.807, 2.05) is 13.8 Å². The Morgan fingerprint density at radius 1 is 1.02 bits per heavy atom. The molecule has 2 unspecified atom stereocenters. The minimum atomic E-state index is -0.474. The zero-order valence-corrected chi connectivity index (χ0v) is 30.9. The molecule has 1 heterocycles. The van der Waals surface area contributed by atoms with Crippen LogP contribution in [0.4, 0.5) is 0 Å². The first kappa shape index (κ1) is 40.3. The number of esters is 1. The fraction of sp³-hybridized carbons (Fsp3) is 0.738. The van der Waals surface area contributed by atoms with Gasteiger partial charge in [-0.05, 0) is 118 Å². The standard InChI is InChI=1S/C37H56O4.C3H8.C2H6/c1-5-26(2)21-34-17-18-35(22-27(34)3)33-15-13-32(14-16-33)31-11-9-29(10-12-31)7-6-8-30(23-36-25-41-36)19-20-40-37(39)28(4)24-38;1-3-2;1-2/h17-18,21-22,29-33,36,38H,4-16,19-20,23-25H2,1-3H3;3H2,1-2H3;1-2H3/b26-21+;;. The van der Waals surface area contributed by atoms with Gasteiger partial charge in [0.15, 0.2) is 0 Å². The number of carbonyl (C=O) groups excluding carboxylic acids is 1. The van der Waals surface area contributed by atoms with E-state index in [-0.39, 0.29) is 12.2 Å². The fourth-order valence-electron chi connectivity index (χ4n) is 7.49. The van der Waals surface area contributed by atoms with Crippen molar-refractivity contribution in [2.45, 2.75) is 157 Å². The molecule has 1 aromatic carbocycles. The van der Waals surface area contributed by atoms with Crippen LogP contribution in [0.25, 0.3) is 6.08 Å². The first-order chi connectivity index (χ1) is 22.3. The number of ether oxygens (including phenoxy) is 2. The summed E-state index contributed by atoms with van der Waals surface area (Å²) in [7, 11) is 0. The molecule has 4 rings (SSSR count). The van der Waals surface area contributed by atoms with Gasteiger partial charge in [0.2, 0.25) is 0 Å². The molecule has 0 radical (unpaired) electrons. The molecular formula is C42H70O4. The highest BCUT2D eigenvalue weighted by Crippen LogP contribution is 2.45. The quantitative estimate of drug-likeness (QED) is 0.118. The number of benzene rings is 1. The lowest BCUT2D eigenvalue weighted by Gasteiger charge is -2.38. The molecule has 1 aliphatic heterocycles. The van der Waals surface area contributed by atoms with E-state index in [0.717, 1.165) is 49.5 Å². The van der Waals surface area contributed by atoms with E-state index in [1.165, 1.54) is 93.7 Å². The number of aliphatic hydroxyl groups is 1. The molecule has 3 aliphatic rings. The van der Waals surface area contributed by atoms with Gasteiger partial charge in [0.05, 0.1) is 31.5 Å². The summed E-state index contributed by atoms with van der Waals surface area (Å²) in [5.74, 6) is 3.59. The van der Waals surface area contributed by atoms with Crippen LogP contribution in [0.5, 0.6) is 0 Å². The number of aliphatic hydroxyl groups excluding tert-OH is 1. The molecule has 0 aromatic heterocycles. The van der Waals surface area contributed by atoms with Gasteiger partial charge in [-0.15, -0.1) is 0 Å². The zero-order valence-electron chi connectivity index (χ0n) is 30.9. The van der Waals surface area contributed by atoms with Crippen molar-refractivity contribution in [3.05, 3.63) is 52.6 Å². The van der Waals surface area contributed by atoms with Gasteiger partial charge >= 0.3 is 5.97 Å². The normalized spacial score (nSPS) is 24.9. The van der Waals surface area contributed by atoms with Crippen LogP contribution in [-0.4, -0.2) is 37.0 Å². The van der Waals surface area contributed by atoms with Gasteiger partial charge < -0.3 is 14.6 Å². The molecule has 1 aromatic rings. The summed E-state index contributed by atoms with van der Waals surface area (Å²) in [6.45, 7) is 19.5. The highest BCUT2D eigenvalue weighted by atomic mass is 16.6. The molecule has 0 bridgehead atoms. The number of rotatable bonds is 15. The number of allylic oxidation sites excluding steroid dienone is 1. The van der Waals surface area contributed by atoms with E-state index in [1.54, 1.807) is 5.56 Å². The molecule has 262 valence electrons. The van der Waals surface area contributed by atoms with Crippen LogP contribution in [0.15, 0.2) is 35.9 Å². The van der Waals surface area contributed by atoms with E-state index in [4.69, 9.17) is 14.6 Å². The van der Waals surface area contributed by atoms with Gasteiger partial charge in [0, 0.05) is 0 Å². The van der Waals surface area contributed by atoms with Gasteiger partial charge in [-0.1, -0.05) is 110 Å². The Labute approximate surface area is 283 Å². The van der Waals surface area contributed by atoms with Gasteiger partial charge in [-0.2, -0.15) is 0 Å². The van der Waals surface area contributed by atoms with Crippen LogP contribution in [-0.2, 0) is 14.3 Å². The Kier molecular flexibility index (Phi) is 19.8. The summed E-state index contributed by atoms with van der Waals surface area (Å²) >= 11 is 0. The SMILES string of the molecule is C=C(CO)C(=O)OCCC(CCCC1CCC(C2CCC(c3ccc(/C=C(\C)CC)c(C)c3)CC2)CC1)CC1CO1.CC.CCC. The summed E-state index contributed by atoms with van der Waals surface area (Å²) in [6.07, 6.45) is 22.1. The minimum Gasteiger partial charge on any atom is -0.462 e. The second-order valence-corrected chi connectivity index (χ2v) is 14.2. The molecule has 2 saturated carbocycles. The predicted octanol–water partition coefficient (Wildman–Crippen LogP) is 11.4. The van der Waals surface area contributed by atoms with Crippen LogP contribution in [0.1, 0.15) is 160 Å². The molecule has 1 N–H and O–H groups in total. The lowest BCUT2D eigenvalue weighted by Crippen LogP contribution is -2.25.